The fourth-order valence-corrected chi connectivity index (χ4v) is 3.75. The molecule has 0 spiro atoms. The van der Waals surface area contributed by atoms with Crippen molar-refractivity contribution < 1.29 is 19.1 Å². The first kappa shape index (κ1) is 19.9. The molecule has 0 radical (unpaired) electrons. The highest BCUT2D eigenvalue weighted by Gasteiger charge is 2.44. The third kappa shape index (κ3) is 3.50. The third-order valence-electron chi connectivity index (χ3n) is 5.38. The molecule has 0 bridgehead atoms. The number of carbonyl (C=O) groups is 2. The smallest absolute Gasteiger partial charge is 0.290 e. The summed E-state index contributed by atoms with van der Waals surface area (Å²) in [5.74, 6) is -1.42. The number of amides is 1. The van der Waals surface area contributed by atoms with Gasteiger partial charge in [-0.15, -0.1) is 0 Å². The summed E-state index contributed by atoms with van der Waals surface area (Å²) in [5, 5.41) is 11.5. The van der Waals surface area contributed by atoms with Crippen molar-refractivity contribution in [2.45, 2.75) is 13.0 Å². The highest BCUT2D eigenvalue weighted by Crippen LogP contribution is 2.39. The molecular weight excluding hydrogens is 380 g/mol. The van der Waals surface area contributed by atoms with Crippen molar-refractivity contribution in [2.75, 3.05) is 27.2 Å². The lowest BCUT2D eigenvalue weighted by atomic mass is 9.94. The molecule has 1 atom stereocenters. The first-order chi connectivity index (χ1) is 14.4. The minimum Gasteiger partial charge on any atom is -0.503 e. The zero-order valence-electron chi connectivity index (χ0n) is 17.3. The summed E-state index contributed by atoms with van der Waals surface area (Å²) < 4.78 is 5.73. The van der Waals surface area contributed by atoms with Gasteiger partial charge in [-0.25, -0.2) is 0 Å². The molecule has 1 N–H and O–H groups in total. The highest BCUT2D eigenvalue weighted by molar-refractivity contribution is 6.16. The first-order valence-corrected chi connectivity index (χ1v) is 9.85. The lowest BCUT2D eigenvalue weighted by Gasteiger charge is -2.28. The summed E-state index contributed by atoms with van der Waals surface area (Å²) >= 11 is 0. The molecule has 0 saturated heterocycles. The number of hydrogen-bond donors (Lipinski definition) is 1. The molecule has 6 heteroatoms. The largest absolute Gasteiger partial charge is 0.503 e. The van der Waals surface area contributed by atoms with Gasteiger partial charge in [-0.1, -0.05) is 48.0 Å². The topological polar surface area (TPSA) is 74.0 Å². The van der Waals surface area contributed by atoms with Gasteiger partial charge in [0.2, 0.25) is 5.78 Å². The van der Waals surface area contributed by atoms with Gasteiger partial charge < -0.3 is 19.3 Å². The van der Waals surface area contributed by atoms with Gasteiger partial charge in [-0.05, 0) is 38.7 Å². The molecule has 0 aliphatic carbocycles. The van der Waals surface area contributed by atoms with E-state index in [1.54, 1.807) is 17.0 Å². The van der Waals surface area contributed by atoms with Crippen LogP contribution in [0.15, 0.2) is 70.3 Å². The molecule has 1 amide bonds. The summed E-state index contributed by atoms with van der Waals surface area (Å²) in [6.45, 7) is 2.96. The van der Waals surface area contributed by atoms with Gasteiger partial charge in [0.1, 0.15) is 5.58 Å². The molecule has 2 heterocycles. The SMILES string of the molecule is Cc1ccc([C@H]2C(C(=O)c3cc4ccccc4o3)=C(O)C(=O)N2CCN(C)C)cc1. The second kappa shape index (κ2) is 7.80. The van der Waals surface area contributed by atoms with Crippen LogP contribution in [0.3, 0.4) is 0 Å². The summed E-state index contributed by atoms with van der Waals surface area (Å²) in [5.41, 5.74) is 2.49. The normalized spacial score (nSPS) is 16.9. The Labute approximate surface area is 175 Å². The maximum atomic E-state index is 13.4. The molecule has 1 aliphatic rings. The molecule has 4 rings (SSSR count). The molecule has 0 unspecified atom stereocenters. The Morgan fingerprint density at radius 3 is 2.50 bits per heavy atom. The van der Waals surface area contributed by atoms with Crippen LogP contribution < -0.4 is 0 Å². The van der Waals surface area contributed by atoms with Crippen LogP contribution in [0.4, 0.5) is 0 Å². The van der Waals surface area contributed by atoms with E-state index in [1.807, 2.05) is 68.4 Å². The minimum atomic E-state index is -0.668. The summed E-state index contributed by atoms with van der Waals surface area (Å²) in [6.07, 6.45) is 0. The van der Waals surface area contributed by atoms with Gasteiger partial charge in [0.05, 0.1) is 11.6 Å². The lowest BCUT2D eigenvalue weighted by Crippen LogP contribution is -2.36. The third-order valence-corrected chi connectivity index (χ3v) is 5.38. The quantitative estimate of drug-likeness (QED) is 0.631. The van der Waals surface area contributed by atoms with E-state index in [2.05, 4.69) is 0 Å². The Balaban J connectivity index is 1.78. The number of aliphatic hydroxyl groups excluding tert-OH is 1. The fraction of sp³-hybridized carbons (Fsp3) is 0.250. The number of aryl methyl sites for hydroxylation is 1. The standard InChI is InChI=1S/C24H24N2O4/c1-15-8-10-16(11-9-15)21-20(23(28)24(29)26(21)13-12-25(2)3)22(27)19-14-17-6-4-5-7-18(17)30-19/h4-11,14,21,28H,12-13H2,1-3H3/t21-/m0/s1. The molecule has 1 aromatic heterocycles. The maximum absolute atomic E-state index is 13.4. The van der Waals surface area contributed by atoms with Crippen LogP contribution in [0.5, 0.6) is 0 Å². The monoisotopic (exact) mass is 404 g/mol. The number of nitrogens with zero attached hydrogens (tertiary/aromatic N) is 2. The van der Waals surface area contributed by atoms with E-state index >= 15 is 0 Å². The number of para-hydroxylation sites is 1. The average Bonchev–Trinajstić information content (AvgIpc) is 3.26. The lowest BCUT2D eigenvalue weighted by molar-refractivity contribution is -0.129. The van der Waals surface area contributed by atoms with Gasteiger partial charge in [0.25, 0.3) is 5.91 Å². The second-order valence-corrected chi connectivity index (χ2v) is 7.85. The van der Waals surface area contributed by atoms with Crippen LogP contribution in [0.25, 0.3) is 11.0 Å². The van der Waals surface area contributed by atoms with Crippen molar-refractivity contribution in [1.29, 1.82) is 0 Å². The van der Waals surface area contributed by atoms with Crippen LogP contribution >= 0.6 is 0 Å². The van der Waals surface area contributed by atoms with E-state index in [-0.39, 0.29) is 11.3 Å². The number of ketones is 1. The van der Waals surface area contributed by atoms with Crippen molar-refractivity contribution in [1.82, 2.24) is 9.80 Å². The zero-order chi connectivity index (χ0) is 21.4. The summed E-state index contributed by atoms with van der Waals surface area (Å²) in [7, 11) is 3.82. The number of likely N-dealkylation sites (N-methyl/N-ethyl adjacent to an activating group) is 1. The van der Waals surface area contributed by atoms with Crippen LogP contribution in [0.1, 0.15) is 27.7 Å². The van der Waals surface area contributed by atoms with E-state index in [0.717, 1.165) is 16.5 Å². The number of aliphatic hydroxyl groups is 1. The van der Waals surface area contributed by atoms with E-state index < -0.39 is 23.5 Å². The van der Waals surface area contributed by atoms with E-state index in [0.29, 0.717) is 18.7 Å². The Morgan fingerprint density at radius 2 is 1.83 bits per heavy atom. The molecule has 0 fully saturated rings. The van der Waals surface area contributed by atoms with E-state index in [4.69, 9.17) is 4.42 Å². The Hall–Kier alpha value is -3.38. The molecule has 2 aromatic carbocycles. The van der Waals surface area contributed by atoms with Crippen molar-refractivity contribution in [2.24, 2.45) is 0 Å². The summed E-state index contributed by atoms with van der Waals surface area (Å²) in [6, 6.07) is 15.9. The average molecular weight is 404 g/mol. The number of carbonyl (C=O) groups excluding carboxylic acids is 2. The van der Waals surface area contributed by atoms with Crippen molar-refractivity contribution in [3.05, 3.63) is 82.8 Å². The molecule has 30 heavy (non-hydrogen) atoms. The van der Waals surface area contributed by atoms with Gasteiger partial charge in [0.15, 0.2) is 11.5 Å². The number of benzene rings is 2. The number of rotatable bonds is 6. The first-order valence-electron chi connectivity index (χ1n) is 9.85. The van der Waals surface area contributed by atoms with Gasteiger partial charge in [-0.3, -0.25) is 9.59 Å². The van der Waals surface area contributed by atoms with Crippen molar-refractivity contribution in [3.8, 4) is 0 Å². The molecule has 3 aromatic rings. The number of hydrogen-bond acceptors (Lipinski definition) is 5. The second-order valence-electron chi connectivity index (χ2n) is 7.85. The van der Waals surface area contributed by atoms with Crippen LogP contribution in [0.2, 0.25) is 0 Å². The molecule has 0 saturated carbocycles. The zero-order valence-corrected chi connectivity index (χ0v) is 17.3. The fourth-order valence-electron chi connectivity index (χ4n) is 3.75. The van der Waals surface area contributed by atoms with Gasteiger partial charge >= 0.3 is 0 Å². The van der Waals surface area contributed by atoms with E-state index in [1.165, 1.54) is 0 Å². The van der Waals surface area contributed by atoms with Crippen LogP contribution in [-0.4, -0.2) is 53.8 Å². The Morgan fingerprint density at radius 1 is 1.13 bits per heavy atom. The van der Waals surface area contributed by atoms with Gasteiger partial charge in [0, 0.05) is 18.5 Å². The molecule has 1 aliphatic heterocycles. The molecule has 6 nitrogen and oxygen atoms in total. The summed E-state index contributed by atoms with van der Waals surface area (Å²) in [4.78, 5) is 29.8. The Kier molecular flexibility index (Phi) is 5.18. The molecular formula is C24H24N2O4. The predicted molar refractivity (Wildman–Crippen MR) is 114 cm³/mol. The molecule has 154 valence electrons. The van der Waals surface area contributed by atoms with Crippen LogP contribution in [0, 0.1) is 6.92 Å². The van der Waals surface area contributed by atoms with E-state index in [9.17, 15) is 14.7 Å². The predicted octanol–water partition coefficient (Wildman–Crippen LogP) is 3.88. The highest BCUT2D eigenvalue weighted by atomic mass is 16.3. The number of Topliss-reactive ketones (excluding diaryl/α,β-unsaturated/α-hetero) is 1. The number of fused-ring (bicyclic) bond motifs is 1. The van der Waals surface area contributed by atoms with Crippen LogP contribution in [-0.2, 0) is 4.79 Å². The van der Waals surface area contributed by atoms with Gasteiger partial charge in [-0.2, -0.15) is 0 Å². The minimum absolute atomic E-state index is 0.0571. The maximum Gasteiger partial charge on any atom is 0.290 e. The number of furan rings is 1. The Bertz CT molecular complexity index is 1110. The van der Waals surface area contributed by atoms with Crippen molar-refractivity contribution in [3.63, 3.8) is 0 Å². The van der Waals surface area contributed by atoms with Crippen molar-refractivity contribution >= 4 is 22.7 Å².